The first kappa shape index (κ1) is 13.5. The van der Waals surface area contributed by atoms with Crippen LogP contribution in [0.3, 0.4) is 0 Å². The zero-order valence-corrected chi connectivity index (χ0v) is 10.6. The Labute approximate surface area is 102 Å². The fourth-order valence-corrected chi connectivity index (χ4v) is 1.68. The Hall–Kier alpha value is -1.59. The summed E-state index contributed by atoms with van der Waals surface area (Å²) in [5.74, 6) is 0.783. The normalized spacial score (nSPS) is 12.4. The highest BCUT2D eigenvalue weighted by atomic mass is 15.2. The van der Waals surface area contributed by atoms with Gasteiger partial charge in [-0.25, -0.2) is 0 Å². The molecule has 1 atom stereocenters. The van der Waals surface area contributed by atoms with Crippen molar-refractivity contribution < 1.29 is 0 Å². The predicted molar refractivity (Wildman–Crippen MR) is 70.5 cm³/mol. The molecule has 0 aromatic carbocycles. The molecule has 0 saturated heterocycles. The Morgan fingerprint density at radius 3 is 2.24 bits per heavy atom. The first-order valence-corrected chi connectivity index (χ1v) is 6.19. The average Bonchev–Trinajstić information content (AvgIpc) is 2.26. The van der Waals surface area contributed by atoms with E-state index in [1.54, 1.807) is 0 Å². The molecule has 5 N–H and O–H groups in total. The molecule has 1 aromatic rings. The zero-order chi connectivity index (χ0) is 12.7. The Kier molecular flexibility index (Phi) is 5.45. The number of aromatic nitrogens is 3. The molecule has 6 heteroatoms. The minimum absolute atomic E-state index is 0.156. The van der Waals surface area contributed by atoms with Crippen LogP contribution in [0.25, 0.3) is 0 Å². The number of anilines is 3. The van der Waals surface area contributed by atoms with Crippen molar-refractivity contribution in [3.05, 3.63) is 0 Å². The molecule has 6 nitrogen and oxygen atoms in total. The Bertz CT molecular complexity index is 320. The summed E-state index contributed by atoms with van der Waals surface area (Å²) >= 11 is 0. The molecule has 1 heterocycles. The highest BCUT2D eigenvalue weighted by Gasteiger charge is 2.08. The number of nitrogens with two attached hydrogens (primary N) is 2. The van der Waals surface area contributed by atoms with Crippen LogP contribution in [0.1, 0.15) is 46.0 Å². The van der Waals surface area contributed by atoms with Crippen LogP contribution in [0.5, 0.6) is 0 Å². The maximum Gasteiger partial charge on any atom is 0.229 e. The van der Waals surface area contributed by atoms with Gasteiger partial charge in [-0.1, -0.05) is 33.1 Å². The van der Waals surface area contributed by atoms with Gasteiger partial charge in [-0.05, 0) is 12.8 Å². The minimum atomic E-state index is 0.156. The lowest BCUT2D eigenvalue weighted by Gasteiger charge is -2.16. The van der Waals surface area contributed by atoms with Gasteiger partial charge in [-0.3, -0.25) is 0 Å². The van der Waals surface area contributed by atoms with Crippen molar-refractivity contribution in [3.63, 3.8) is 0 Å². The molecule has 0 radical (unpaired) electrons. The third-order valence-electron chi connectivity index (χ3n) is 2.65. The summed E-state index contributed by atoms with van der Waals surface area (Å²) in [6.07, 6.45) is 5.81. The van der Waals surface area contributed by atoms with E-state index in [9.17, 15) is 0 Å². The fourth-order valence-electron chi connectivity index (χ4n) is 1.68. The standard InChI is InChI=1S/C11H22N6/c1-3-5-6-7-8(4-2)14-11-16-9(12)15-10(13)17-11/h8H,3-7H2,1-2H3,(H5,12,13,14,15,16,17). The van der Waals surface area contributed by atoms with Crippen molar-refractivity contribution in [1.29, 1.82) is 0 Å². The van der Waals surface area contributed by atoms with Crippen LogP contribution in [-0.4, -0.2) is 21.0 Å². The summed E-state index contributed by atoms with van der Waals surface area (Å²) in [6, 6.07) is 0.364. The lowest BCUT2D eigenvalue weighted by atomic mass is 10.1. The largest absolute Gasteiger partial charge is 0.368 e. The van der Waals surface area contributed by atoms with E-state index >= 15 is 0 Å². The molecule has 0 aliphatic heterocycles. The van der Waals surface area contributed by atoms with Gasteiger partial charge >= 0.3 is 0 Å². The molecule has 0 saturated carbocycles. The number of nitrogens with zero attached hydrogens (tertiary/aromatic N) is 3. The van der Waals surface area contributed by atoms with Crippen LogP contribution >= 0.6 is 0 Å². The molecular weight excluding hydrogens is 216 g/mol. The topological polar surface area (TPSA) is 103 Å². The van der Waals surface area contributed by atoms with Crippen molar-refractivity contribution in [2.24, 2.45) is 0 Å². The van der Waals surface area contributed by atoms with E-state index < -0.39 is 0 Å². The van der Waals surface area contributed by atoms with E-state index in [2.05, 4.69) is 34.1 Å². The first-order valence-electron chi connectivity index (χ1n) is 6.19. The number of nitrogens with one attached hydrogen (secondary N) is 1. The Balaban J connectivity index is 2.54. The van der Waals surface area contributed by atoms with E-state index in [0.29, 0.717) is 12.0 Å². The third-order valence-corrected chi connectivity index (χ3v) is 2.65. The van der Waals surface area contributed by atoms with Gasteiger partial charge in [0.05, 0.1) is 0 Å². The zero-order valence-electron chi connectivity index (χ0n) is 10.6. The van der Waals surface area contributed by atoms with Gasteiger partial charge in [0.25, 0.3) is 0 Å². The molecule has 0 amide bonds. The monoisotopic (exact) mass is 238 g/mol. The Morgan fingerprint density at radius 2 is 1.71 bits per heavy atom. The number of rotatable bonds is 7. The molecule has 0 bridgehead atoms. The van der Waals surface area contributed by atoms with E-state index in [1.807, 2.05) is 0 Å². The van der Waals surface area contributed by atoms with Gasteiger partial charge in [0, 0.05) is 6.04 Å². The molecule has 1 rings (SSSR count). The lowest BCUT2D eigenvalue weighted by Crippen LogP contribution is -2.21. The third kappa shape index (κ3) is 4.84. The second kappa shape index (κ2) is 6.88. The number of nitrogen functional groups attached to an aromatic ring is 2. The van der Waals surface area contributed by atoms with Crippen LogP contribution < -0.4 is 16.8 Å². The SMILES string of the molecule is CCCCCC(CC)Nc1nc(N)nc(N)n1. The van der Waals surface area contributed by atoms with Crippen molar-refractivity contribution in [1.82, 2.24) is 15.0 Å². The van der Waals surface area contributed by atoms with Gasteiger partial charge < -0.3 is 16.8 Å². The molecule has 0 fully saturated rings. The molecule has 1 unspecified atom stereocenters. The van der Waals surface area contributed by atoms with Gasteiger partial charge in [-0.2, -0.15) is 15.0 Å². The number of hydrogen-bond acceptors (Lipinski definition) is 6. The van der Waals surface area contributed by atoms with Crippen molar-refractivity contribution in [3.8, 4) is 0 Å². The molecular formula is C11H22N6. The Morgan fingerprint density at radius 1 is 1.06 bits per heavy atom. The van der Waals surface area contributed by atoms with E-state index in [4.69, 9.17) is 11.5 Å². The summed E-state index contributed by atoms with van der Waals surface area (Å²) < 4.78 is 0. The van der Waals surface area contributed by atoms with Crippen molar-refractivity contribution in [2.75, 3.05) is 16.8 Å². The predicted octanol–water partition coefficient (Wildman–Crippen LogP) is 1.81. The average molecular weight is 238 g/mol. The van der Waals surface area contributed by atoms with Gasteiger partial charge in [-0.15, -0.1) is 0 Å². The summed E-state index contributed by atoms with van der Waals surface area (Å²) in [5.41, 5.74) is 11.0. The number of unbranched alkanes of at least 4 members (excludes halogenated alkanes) is 2. The second-order valence-electron chi connectivity index (χ2n) is 4.12. The molecule has 0 spiro atoms. The van der Waals surface area contributed by atoms with Gasteiger partial charge in [0.15, 0.2) is 0 Å². The van der Waals surface area contributed by atoms with E-state index in [0.717, 1.165) is 12.8 Å². The first-order chi connectivity index (χ1) is 8.15. The van der Waals surface area contributed by atoms with Crippen LogP contribution in [0, 0.1) is 0 Å². The smallest absolute Gasteiger partial charge is 0.229 e. The van der Waals surface area contributed by atoms with E-state index in [-0.39, 0.29) is 11.9 Å². The quantitative estimate of drug-likeness (QED) is 0.626. The molecule has 0 aliphatic carbocycles. The molecule has 0 aliphatic rings. The summed E-state index contributed by atoms with van der Waals surface area (Å²) in [7, 11) is 0. The van der Waals surface area contributed by atoms with E-state index in [1.165, 1.54) is 19.3 Å². The lowest BCUT2D eigenvalue weighted by molar-refractivity contribution is 0.571. The van der Waals surface area contributed by atoms with Crippen LogP contribution in [0.15, 0.2) is 0 Å². The summed E-state index contributed by atoms with van der Waals surface area (Å²) in [4.78, 5) is 11.8. The summed E-state index contributed by atoms with van der Waals surface area (Å²) in [5, 5.41) is 3.25. The van der Waals surface area contributed by atoms with Gasteiger partial charge in [0.2, 0.25) is 17.8 Å². The van der Waals surface area contributed by atoms with Crippen molar-refractivity contribution in [2.45, 2.75) is 52.0 Å². The molecule has 96 valence electrons. The highest BCUT2D eigenvalue weighted by Crippen LogP contribution is 2.12. The molecule has 1 aromatic heterocycles. The maximum atomic E-state index is 5.52. The maximum absolute atomic E-state index is 5.52. The van der Waals surface area contributed by atoms with Crippen LogP contribution in [-0.2, 0) is 0 Å². The number of hydrogen-bond donors (Lipinski definition) is 3. The van der Waals surface area contributed by atoms with Crippen LogP contribution in [0.2, 0.25) is 0 Å². The summed E-state index contributed by atoms with van der Waals surface area (Å²) in [6.45, 7) is 4.33. The second-order valence-corrected chi connectivity index (χ2v) is 4.12. The minimum Gasteiger partial charge on any atom is -0.368 e. The molecule has 17 heavy (non-hydrogen) atoms. The fraction of sp³-hybridized carbons (Fsp3) is 0.727. The van der Waals surface area contributed by atoms with Crippen LogP contribution in [0.4, 0.5) is 17.8 Å². The highest BCUT2D eigenvalue weighted by molar-refractivity contribution is 5.37. The van der Waals surface area contributed by atoms with Crippen molar-refractivity contribution >= 4 is 17.8 Å². The van der Waals surface area contributed by atoms with Gasteiger partial charge in [0.1, 0.15) is 0 Å².